The number of carbonyl (C=O) groups excluding carboxylic acids is 1. The third-order valence-corrected chi connectivity index (χ3v) is 5.57. The van der Waals surface area contributed by atoms with Gasteiger partial charge in [-0.05, 0) is 64.9 Å². The zero-order valence-corrected chi connectivity index (χ0v) is 17.5. The molecule has 1 fully saturated rings. The number of hydrogen-bond acceptors (Lipinski definition) is 4. The average molecular weight is 402 g/mol. The number of amides is 1. The Morgan fingerprint density at radius 1 is 1.28 bits per heavy atom. The monoisotopic (exact) mass is 401 g/mol. The minimum atomic E-state index is -0.875. The number of nitrogens with one attached hydrogen (secondary N) is 1. The summed E-state index contributed by atoms with van der Waals surface area (Å²) in [6.45, 7) is 5.89. The molecule has 1 aliphatic rings. The van der Waals surface area contributed by atoms with E-state index in [4.69, 9.17) is 4.74 Å². The Labute approximate surface area is 171 Å². The van der Waals surface area contributed by atoms with Crippen molar-refractivity contribution < 1.29 is 19.4 Å². The summed E-state index contributed by atoms with van der Waals surface area (Å²) in [6, 6.07) is 7.94. The van der Waals surface area contributed by atoms with Crippen LogP contribution in [-0.2, 0) is 22.4 Å². The molecule has 2 N–H and O–H groups in total. The normalized spacial score (nSPS) is 15.7. The highest BCUT2D eigenvalue weighted by atomic mass is 16.5. The second-order valence-electron chi connectivity index (χ2n) is 8.10. The quantitative estimate of drug-likeness (QED) is 0.696. The molecule has 1 aromatic carbocycles. The van der Waals surface area contributed by atoms with Gasteiger partial charge in [-0.25, -0.2) is 4.79 Å². The maximum absolute atomic E-state index is 12.2. The Morgan fingerprint density at radius 2 is 1.97 bits per heavy atom. The Bertz CT molecular complexity index is 853. The summed E-state index contributed by atoms with van der Waals surface area (Å²) in [7, 11) is 2.07. The maximum atomic E-state index is 12.2. The molecular formula is C22H31N3O4. The van der Waals surface area contributed by atoms with Gasteiger partial charge in [0, 0.05) is 29.2 Å². The summed E-state index contributed by atoms with van der Waals surface area (Å²) >= 11 is 0. The molecule has 0 spiro atoms. The van der Waals surface area contributed by atoms with E-state index >= 15 is 0 Å². The first kappa shape index (κ1) is 21.2. The Hall–Kier alpha value is -2.54. The SMILES string of the molecule is CC(C)OC(=O)Cc1[nH]c2ccccc2c1CCN(C(=O)O)C1CCN(C)CC1. The van der Waals surface area contributed by atoms with Crippen molar-refractivity contribution in [1.29, 1.82) is 0 Å². The van der Waals surface area contributed by atoms with E-state index in [9.17, 15) is 14.7 Å². The Morgan fingerprint density at radius 3 is 2.62 bits per heavy atom. The van der Waals surface area contributed by atoms with E-state index in [1.165, 1.54) is 0 Å². The van der Waals surface area contributed by atoms with E-state index in [1.54, 1.807) is 4.90 Å². The fraction of sp³-hybridized carbons (Fsp3) is 0.545. The van der Waals surface area contributed by atoms with E-state index in [-0.39, 0.29) is 24.5 Å². The number of carboxylic acid groups (broad SMARTS) is 1. The highest BCUT2D eigenvalue weighted by Gasteiger charge is 2.27. The molecule has 0 bridgehead atoms. The number of piperidine rings is 1. The molecule has 3 rings (SSSR count). The lowest BCUT2D eigenvalue weighted by molar-refractivity contribution is -0.146. The number of H-pyrrole nitrogens is 1. The molecule has 1 amide bonds. The third kappa shape index (κ3) is 5.29. The molecule has 0 saturated carbocycles. The van der Waals surface area contributed by atoms with Crippen LogP contribution in [0, 0.1) is 0 Å². The van der Waals surface area contributed by atoms with Crippen LogP contribution in [0.4, 0.5) is 4.79 Å². The van der Waals surface area contributed by atoms with Gasteiger partial charge in [-0.1, -0.05) is 18.2 Å². The molecule has 1 saturated heterocycles. The third-order valence-electron chi connectivity index (χ3n) is 5.57. The van der Waals surface area contributed by atoms with Crippen molar-refractivity contribution in [2.24, 2.45) is 0 Å². The van der Waals surface area contributed by atoms with Crippen LogP contribution in [0.3, 0.4) is 0 Å². The number of aromatic nitrogens is 1. The van der Waals surface area contributed by atoms with Crippen LogP contribution in [-0.4, -0.2) is 70.8 Å². The van der Waals surface area contributed by atoms with Crippen molar-refractivity contribution in [3.63, 3.8) is 0 Å². The van der Waals surface area contributed by atoms with E-state index in [1.807, 2.05) is 38.1 Å². The van der Waals surface area contributed by atoms with Crippen LogP contribution < -0.4 is 0 Å². The summed E-state index contributed by atoms with van der Waals surface area (Å²) < 4.78 is 5.31. The van der Waals surface area contributed by atoms with Crippen molar-refractivity contribution in [2.45, 2.75) is 51.7 Å². The summed E-state index contributed by atoms with van der Waals surface area (Å²) in [5, 5.41) is 10.8. The second-order valence-corrected chi connectivity index (χ2v) is 8.10. The fourth-order valence-electron chi connectivity index (χ4n) is 4.11. The van der Waals surface area contributed by atoms with E-state index < -0.39 is 6.09 Å². The van der Waals surface area contributed by atoms with Crippen LogP contribution in [0.15, 0.2) is 24.3 Å². The summed E-state index contributed by atoms with van der Waals surface area (Å²) in [6.07, 6.45) is 1.38. The lowest BCUT2D eigenvalue weighted by Crippen LogP contribution is -2.46. The van der Waals surface area contributed by atoms with Gasteiger partial charge in [0.25, 0.3) is 0 Å². The van der Waals surface area contributed by atoms with Crippen molar-refractivity contribution in [3.05, 3.63) is 35.5 Å². The zero-order valence-electron chi connectivity index (χ0n) is 17.5. The number of esters is 1. The maximum Gasteiger partial charge on any atom is 0.407 e. The number of nitrogens with zero attached hydrogens (tertiary/aromatic N) is 2. The van der Waals surface area contributed by atoms with Gasteiger partial charge in [0.05, 0.1) is 12.5 Å². The minimum Gasteiger partial charge on any atom is -0.465 e. The van der Waals surface area contributed by atoms with Gasteiger partial charge < -0.3 is 24.6 Å². The summed E-state index contributed by atoms with van der Waals surface area (Å²) in [5.41, 5.74) is 2.77. The van der Waals surface area contributed by atoms with Gasteiger partial charge in [0.15, 0.2) is 0 Å². The van der Waals surface area contributed by atoms with Crippen LogP contribution in [0.25, 0.3) is 10.9 Å². The first-order valence-corrected chi connectivity index (χ1v) is 10.3. The van der Waals surface area contributed by atoms with Crippen molar-refractivity contribution in [1.82, 2.24) is 14.8 Å². The summed E-state index contributed by atoms with van der Waals surface area (Å²) in [4.78, 5) is 31.3. The van der Waals surface area contributed by atoms with Crippen LogP contribution >= 0.6 is 0 Å². The van der Waals surface area contributed by atoms with Crippen LogP contribution in [0.5, 0.6) is 0 Å². The van der Waals surface area contributed by atoms with E-state index in [0.717, 1.165) is 48.1 Å². The molecule has 1 aromatic heterocycles. The predicted molar refractivity (Wildman–Crippen MR) is 112 cm³/mol. The van der Waals surface area contributed by atoms with Crippen molar-refractivity contribution >= 4 is 23.0 Å². The Balaban J connectivity index is 1.79. The van der Waals surface area contributed by atoms with Crippen LogP contribution in [0.2, 0.25) is 0 Å². The van der Waals surface area contributed by atoms with E-state index in [2.05, 4.69) is 16.9 Å². The fourth-order valence-corrected chi connectivity index (χ4v) is 4.11. The smallest absolute Gasteiger partial charge is 0.407 e. The number of fused-ring (bicyclic) bond motifs is 1. The number of rotatable bonds is 7. The molecule has 0 radical (unpaired) electrons. The standard InChI is InChI=1S/C22H31N3O4/c1-15(2)29-21(26)14-20-18(17-6-4-5-7-19(17)23-20)10-13-25(22(27)28)16-8-11-24(3)12-9-16/h4-7,15-16,23H,8-14H2,1-3H3,(H,27,28). The molecule has 7 heteroatoms. The predicted octanol–water partition coefficient (Wildman–Crippen LogP) is 3.28. The van der Waals surface area contributed by atoms with Gasteiger partial charge >= 0.3 is 12.1 Å². The van der Waals surface area contributed by atoms with Crippen molar-refractivity contribution in [3.8, 4) is 0 Å². The number of hydrogen-bond donors (Lipinski definition) is 2. The second kappa shape index (κ2) is 9.31. The van der Waals surface area contributed by atoms with Gasteiger partial charge in [-0.15, -0.1) is 0 Å². The molecule has 1 aliphatic heterocycles. The highest BCUT2D eigenvalue weighted by molar-refractivity contribution is 5.86. The number of likely N-dealkylation sites (tertiary alicyclic amines) is 1. The number of para-hydroxylation sites is 1. The zero-order chi connectivity index (χ0) is 21.0. The average Bonchev–Trinajstić information content (AvgIpc) is 2.99. The number of ether oxygens (including phenoxy) is 1. The molecular weight excluding hydrogens is 370 g/mol. The number of carbonyl (C=O) groups is 2. The number of aromatic amines is 1. The Kier molecular flexibility index (Phi) is 6.79. The minimum absolute atomic E-state index is 0.0447. The van der Waals surface area contributed by atoms with Crippen LogP contribution in [0.1, 0.15) is 37.9 Å². The van der Waals surface area contributed by atoms with Gasteiger partial charge in [0.2, 0.25) is 0 Å². The summed E-state index contributed by atoms with van der Waals surface area (Å²) in [5.74, 6) is -0.279. The van der Waals surface area contributed by atoms with E-state index in [0.29, 0.717) is 13.0 Å². The first-order valence-electron chi connectivity index (χ1n) is 10.3. The molecule has 0 aliphatic carbocycles. The molecule has 7 nitrogen and oxygen atoms in total. The molecule has 0 atom stereocenters. The van der Waals surface area contributed by atoms with Gasteiger partial charge in [-0.3, -0.25) is 4.79 Å². The topological polar surface area (TPSA) is 85.9 Å². The van der Waals surface area contributed by atoms with Gasteiger partial charge in [-0.2, -0.15) is 0 Å². The van der Waals surface area contributed by atoms with Crippen molar-refractivity contribution in [2.75, 3.05) is 26.7 Å². The highest BCUT2D eigenvalue weighted by Crippen LogP contribution is 2.25. The molecule has 2 aromatic rings. The first-order chi connectivity index (χ1) is 13.8. The lowest BCUT2D eigenvalue weighted by atomic mass is 10.0. The largest absolute Gasteiger partial charge is 0.465 e. The van der Waals surface area contributed by atoms with Gasteiger partial charge in [0.1, 0.15) is 0 Å². The molecule has 0 unspecified atom stereocenters. The number of benzene rings is 1. The lowest BCUT2D eigenvalue weighted by Gasteiger charge is -2.35. The molecule has 2 heterocycles. The molecule has 29 heavy (non-hydrogen) atoms. The molecule has 158 valence electrons.